The van der Waals surface area contributed by atoms with Gasteiger partial charge in [-0.15, -0.1) is 0 Å². The van der Waals surface area contributed by atoms with E-state index in [-0.39, 0.29) is 0 Å². The first-order chi connectivity index (χ1) is 12.8. The molecule has 0 fully saturated rings. The largest absolute Gasteiger partial charge is 0.307 e. The minimum absolute atomic E-state index is 0.360. The van der Waals surface area contributed by atoms with Crippen LogP contribution >= 0.6 is 0 Å². The lowest BCUT2D eigenvalue weighted by molar-refractivity contribution is 0.400. The molecule has 0 saturated carbocycles. The number of fused-ring (bicyclic) bond motifs is 1. The molecule has 3 aromatic rings. The second kappa shape index (κ2) is 9.54. The first-order valence-corrected chi connectivity index (χ1v) is 10.1. The number of hydrogen-bond acceptors (Lipinski definition) is 1. The highest BCUT2D eigenvalue weighted by Gasteiger charge is 2.15. The number of rotatable bonds is 9. The fraction of sp³-hybridized carbons (Fsp3) is 0.360. The predicted octanol–water partition coefficient (Wildman–Crippen LogP) is 6.68. The van der Waals surface area contributed by atoms with Crippen LogP contribution in [-0.4, -0.2) is 6.04 Å². The van der Waals surface area contributed by atoms with E-state index in [4.69, 9.17) is 0 Å². The molecule has 0 aliphatic rings. The highest BCUT2D eigenvalue weighted by molar-refractivity contribution is 5.86. The molecule has 0 bridgehead atoms. The van der Waals surface area contributed by atoms with Gasteiger partial charge in [-0.3, -0.25) is 0 Å². The van der Waals surface area contributed by atoms with Gasteiger partial charge in [0.25, 0.3) is 0 Å². The van der Waals surface area contributed by atoms with Gasteiger partial charge in [0, 0.05) is 12.1 Å². The summed E-state index contributed by atoms with van der Waals surface area (Å²) < 4.78 is 0. The summed E-state index contributed by atoms with van der Waals surface area (Å²) >= 11 is 0. The minimum atomic E-state index is 0.360. The quantitative estimate of drug-likeness (QED) is 0.456. The molecule has 0 aliphatic carbocycles. The number of hydrogen-bond donors (Lipinski definition) is 1. The Hall–Kier alpha value is -2.12. The van der Waals surface area contributed by atoms with Crippen LogP contribution < -0.4 is 5.32 Å². The predicted molar refractivity (Wildman–Crippen MR) is 114 cm³/mol. The molecule has 0 spiro atoms. The van der Waals surface area contributed by atoms with Crippen molar-refractivity contribution in [1.82, 2.24) is 5.32 Å². The lowest BCUT2D eigenvalue weighted by atomic mass is 9.96. The van der Waals surface area contributed by atoms with Gasteiger partial charge in [-0.25, -0.2) is 0 Å². The summed E-state index contributed by atoms with van der Waals surface area (Å²) in [6.45, 7) is 4.59. The van der Waals surface area contributed by atoms with Crippen LogP contribution in [0.5, 0.6) is 0 Å². The van der Waals surface area contributed by atoms with E-state index < -0.39 is 0 Å². The van der Waals surface area contributed by atoms with E-state index in [9.17, 15) is 0 Å². The molecule has 0 radical (unpaired) electrons. The summed E-state index contributed by atoms with van der Waals surface area (Å²) in [6.07, 6.45) is 6.13. The topological polar surface area (TPSA) is 12.0 Å². The third kappa shape index (κ3) is 4.95. The molecule has 2 atom stereocenters. The molecule has 0 aliphatic heterocycles. The van der Waals surface area contributed by atoms with Gasteiger partial charge in [-0.05, 0) is 48.1 Å². The van der Waals surface area contributed by atoms with E-state index in [1.807, 2.05) is 0 Å². The molecule has 0 saturated heterocycles. The van der Waals surface area contributed by atoms with Gasteiger partial charge in [0.15, 0.2) is 0 Å². The van der Waals surface area contributed by atoms with Crippen molar-refractivity contribution < 1.29 is 0 Å². The van der Waals surface area contributed by atoms with Crippen molar-refractivity contribution in [1.29, 1.82) is 0 Å². The van der Waals surface area contributed by atoms with Crippen molar-refractivity contribution in [2.75, 3.05) is 0 Å². The number of nitrogens with one attached hydrogen (secondary N) is 1. The average Bonchev–Trinajstić information content (AvgIpc) is 2.70. The highest BCUT2D eigenvalue weighted by Crippen LogP contribution is 2.25. The summed E-state index contributed by atoms with van der Waals surface area (Å²) in [7, 11) is 0. The van der Waals surface area contributed by atoms with E-state index in [0.717, 1.165) is 6.42 Å². The number of aryl methyl sites for hydroxylation is 1. The Labute approximate surface area is 158 Å². The van der Waals surface area contributed by atoms with E-state index in [1.54, 1.807) is 0 Å². The van der Waals surface area contributed by atoms with Gasteiger partial charge >= 0.3 is 0 Å². The molecule has 0 heterocycles. The first kappa shape index (κ1) is 18.7. The van der Waals surface area contributed by atoms with Crippen molar-refractivity contribution >= 4 is 10.8 Å². The average molecular weight is 346 g/mol. The molecule has 26 heavy (non-hydrogen) atoms. The molecule has 1 N–H and O–H groups in total. The number of benzene rings is 3. The molecular formula is C25H31N. The van der Waals surface area contributed by atoms with E-state index in [1.165, 1.54) is 47.6 Å². The SMILES string of the molecule is CCCC[C@@H](CCc1ccccc1)N[C@H](C)c1cccc2ccccc12. The third-order valence-electron chi connectivity index (χ3n) is 5.31. The Bertz CT molecular complexity index is 788. The summed E-state index contributed by atoms with van der Waals surface area (Å²) in [5.74, 6) is 0. The fourth-order valence-corrected chi connectivity index (χ4v) is 3.82. The van der Waals surface area contributed by atoms with Crippen LogP contribution in [0, 0.1) is 0 Å². The summed E-state index contributed by atoms with van der Waals surface area (Å²) in [4.78, 5) is 0. The van der Waals surface area contributed by atoms with Gasteiger partial charge in [0.05, 0.1) is 0 Å². The maximum Gasteiger partial charge on any atom is 0.0300 e. The Morgan fingerprint density at radius 2 is 1.54 bits per heavy atom. The zero-order chi connectivity index (χ0) is 18.2. The van der Waals surface area contributed by atoms with Gasteiger partial charge in [0.2, 0.25) is 0 Å². The monoisotopic (exact) mass is 345 g/mol. The Balaban J connectivity index is 1.70. The second-order valence-corrected chi connectivity index (χ2v) is 7.32. The lowest BCUT2D eigenvalue weighted by Crippen LogP contribution is -2.32. The zero-order valence-electron chi connectivity index (χ0n) is 16.1. The van der Waals surface area contributed by atoms with Crippen molar-refractivity contribution in [3.05, 3.63) is 83.9 Å². The molecule has 0 unspecified atom stereocenters. The van der Waals surface area contributed by atoms with Gasteiger partial charge < -0.3 is 5.32 Å². The summed E-state index contributed by atoms with van der Waals surface area (Å²) in [5, 5.41) is 6.63. The maximum absolute atomic E-state index is 3.93. The molecule has 3 aromatic carbocycles. The normalized spacial score (nSPS) is 13.6. The summed E-state index contributed by atoms with van der Waals surface area (Å²) in [5.41, 5.74) is 2.85. The van der Waals surface area contributed by atoms with Crippen LogP contribution in [0.3, 0.4) is 0 Å². The zero-order valence-corrected chi connectivity index (χ0v) is 16.1. The standard InChI is InChI=1S/C25H31N/c1-3-4-15-23(19-18-21-11-6-5-7-12-21)26-20(2)24-17-10-14-22-13-8-9-16-25(22)24/h5-14,16-17,20,23,26H,3-4,15,18-19H2,1-2H3/t20-,23+/m1/s1. The Morgan fingerprint density at radius 1 is 0.808 bits per heavy atom. The molecule has 0 amide bonds. The molecule has 0 aromatic heterocycles. The van der Waals surface area contributed by atoms with Crippen molar-refractivity contribution in [3.8, 4) is 0 Å². The second-order valence-electron chi connectivity index (χ2n) is 7.32. The van der Waals surface area contributed by atoms with Crippen LogP contribution in [0.15, 0.2) is 72.8 Å². The van der Waals surface area contributed by atoms with Crippen LogP contribution in [0.25, 0.3) is 10.8 Å². The maximum atomic E-state index is 3.93. The Kier molecular flexibility index (Phi) is 6.85. The molecule has 1 heteroatoms. The van der Waals surface area contributed by atoms with Crippen LogP contribution in [0.2, 0.25) is 0 Å². The molecular weight excluding hydrogens is 314 g/mol. The first-order valence-electron chi connectivity index (χ1n) is 10.1. The van der Waals surface area contributed by atoms with Crippen molar-refractivity contribution in [2.24, 2.45) is 0 Å². The molecule has 1 nitrogen and oxygen atoms in total. The lowest BCUT2D eigenvalue weighted by Gasteiger charge is -2.25. The van der Waals surface area contributed by atoms with Crippen LogP contribution in [0.1, 0.15) is 56.7 Å². The van der Waals surface area contributed by atoms with Crippen LogP contribution in [-0.2, 0) is 6.42 Å². The minimum Gasteiger partial charge on any atom is -0.307 e. The van der Waals surface area contributed by atoms with Crippen LogP contribution in [0.4, 0.5) is 0 Å². The van der Waals surface area contributed by atoms with E-state index in [0.29, 0.717) is 12.1 Å². The van der Waals surface area contributed by atoms with Gasteiger partial charge in [-0.2, -0.15) is 0 Å². The van der Waals surface area contributed by atoms with Crippen molar-refractivity contribution in [3.63, 3.8) is 0 Å². The molecule has 3 rings (SSSR count). The van der Waals surface area contributed by atoms with Gasteiger partial charge in [-0.1, -0.05) is 92.6 Å². The fourth-order valence-electron chi connectivity index (χ4n) is 3.82. The Morgan fingerprint density at radius 3 is 2.35 bits per heavy atom. The summed E-state index contributed by atoms with van der Waals surface area (Å²) in [6, 6.07) is 27.1. The molecule has 136 valence electrons. The van der Waals surface area contributed by atoms with E-state index >= 15 is 0 Å². The van der Waals surface area contributed by atoms with E-state index in [2.05, 4.69) is 92.0 Å². The number of unbranched alkanes of at least 4 members (excludes halogenated alkanes) is 1. The van der Waals surface area contributed by atoms with Crippen molar-refractivity contribution in [2.45, 2.75) is 58.0 Å². The van der Waals surface area contributed by atoms with Gasteiger partial charge in [0.1, 0.15) is 0 Å². The highest BCUT2D eigenvalue weighted by atomic mass is 14.9. The third-order valence-corrected chi connectivity index (χ3v) is 5.31. The smallest absolute Gasteiger partial charge is 0.0300 e.